The maximum Gasteiger partial charge on any atom is 0.245 e. The molecule has 1 fully saturated rings. The van der Waals surface area contributed by atoms with Crippen molar-refractivity contribution in [1.29, 1.82) is 0 Å². The van der Waals surface area contributed by atoms with E-state index in [1.807, 2.05) is 32.9 Å². The van der Waals surface area contributed by atoms with Gasteiger partial charge in [-0.25, -0.2) is 0 Å². The molecule has 1 aliphatic rings. The van der Waals surface area contributed by atoms with Crippen LogP contribution in [0.4, 0.5) is 0 Å². The number of ether oxygens (including phenoxy) is 1. The van der Waals surface area contributed by atoms with Gasteiger partial charge in [0.2, 0.25) is 11.8 Å². The number of hydrogen-bond acceptors (Lipinski definition) is 3. The Morgan fingerprint density at radius 3 is 2.68 bits per heavy atom. The Balaban J connectivity index is 1.95. The van der Waals surface area contributed by atoms with Crippen LogP contribution in [0.2, 0.25) is 5.02 Å². The van der Waals surface area contributed by atoms with Gasteiger partial charge in [-0.3, -0.25) is 9.59 Å². The van der Waals surface area contributed by atoms with Crippen LogP contribution in [0.15, 0.2) is 24.3 Å². The number of hydrogen-bond donors (Lipinski definition) is 1. The summed E-state index contributed by atoms with van der Waals surface area (Å²) in [5.74, 6) is -0.0902. The molecular formula is C19H27ClN2O3. The van der Waals surface area contributed by atoms with E-state index in [-0.39, 0.29) is 17.9 Å². The molecule has 1 aromatic carbocycles. The van der Waals surface area contributed by atoms with E-state index in [0.717, 1.165) is 12.0 Å². The second-order valence-corrected chi connectivity index (χ2v) is 7.35. The fourth-order valence-corrected chi connectivity index (χ4v) is 3.08. The van der Waals surface area contributed by atoms with Gasteiger partial charge in [-0.2, -0.15) is 0 Å². The third-order valence-corrected chi connectivity index (χ3v) is 4.78. The molecule has 0 bridgehead atoms. The van der Waals surface area contributed by atoms with E-state index in [9.17, 15) is 9.59 Å². The largest absolute Gasteiger partial charge is 0.379 e. The molecule has 2 amide bonds. The van der Waals surface area contributed by atoms with Gasteiger partial charge in [-0.1, -0.05) is 23.7 Å². The van der Waals surface area contributed by atoms with E-state index in [1.165, 1.54) is 0 Å². The van der Waals surface area contributed by atoms with E-state index >= 15 is 0 Å². The second-order valence-electron chi connectivity index (χ2n) is 6.91. The number of carbonyl (C=O) groups is 2. The van der Waals surface area contributed by atoms with Gasteiger partial charge < -0.3 is 15.0 Å². The van der Waals surface area contributed by atoms with Gasteiger partial charge in [0.25, 0.3) is 0 Å². The topological polar surface area (TPSA) is 58.6 Å². The van der Waals surface area contributed by atoms with Crippen LogP contribution in [0.3, 0.4) is 0 Å². The molecule has 0 saturated carbocycles. The van der Waals surface area contributed by atoms with E-state index in [0.29, 0.717) is 37.6 Å². The third kappa shape index (κ3) is 5.19. The fraction of sp³-hybridized carbons (Fsp3) is 0.579. The van der Waals surface area contributed by atoms with Crippen molar-refractivity contribution in [1.82, 2.24) is 10.2 Å². The van der Waals surface area contributed by atoms with Crippen molar-refractivity contribution in [3.8, 4) is 0 Å². The van der Waals surface area contributed by atoms with Gasteiger partial charge in [0.15, 0.2) is 0 Å². The van der Waals surface area contributed by atoms with Crippen LogP contribution < -0.4 is 5.32 Å². The molecule has 0 radical (unpaired) electrons. The van der Waals surface area contributed by atoms with Crippen LogP contribution in [0.25, 0.3) is 0 Å². The van der Waals surface area contributed by atoms with Crippen molar-refractivity contribution >= 4 is 23.4 Å². The molecule has 1 aromatic rings. The van der Waals surface area contributed by atoms with Crippen LogP contribution in [0, 0.1) is 0 Å². The molecule has 2 rings (SSSR count). The number of nitrogens with zero attached hydrogens (tertiary/aromatic N) is 1. The molecule has 6 heteroatoms. The zero-order valence-corrected chi connectivity index (χ0v) is 15.9. The van der Waals surface area contributed by atoms with E-state index in [1.54, 1.807) is 17.0 Å². The molecule has 25 heavy (non-hydrogen) atoms. The quantitative estimate of drug-likeness (QED) is 0.719. The molecule has 0 aromatic heterocycles. The van der Waals surface area contributed by atoms with Crippen LogP contribution in [0.5, 0.6) is 0 Å². The van der Waals surface area contributed by atoms with Gasteiger partial charge in [-0.15, -0.1) is 0 Å². The first kappa shape index (κ1) is 19.7. The highest BCUT2D eigenvalue weighted by atomic mass is 35.5. The Labute approximate surface area is 154 Å². The molecule has 138 valence electrons. The number of amides is 2. The molecular weight excluding hydrogens is 340 g/mol. The lowest BCUT2D eigenvalue weighted by Gasteiger charge is -2.34. The predicted molar refractivity (Wildman–Crippen MR) is 98.4 cm³/mol. The van der Waals surface area contributed by atoms with Crippen molar-refractivity contribution in [2.24, 2.45) is 0 Å². The highest BCUT2D eigenvalue weighted by molar-refractivity contribution is 6.30. The molecule has 1 N–H and O–H groups in total. The number of likely N-dealkylation sites (tertiary alicyclic amines) is 1. The normalized spacial score (nSPS) is 20.4. The van der Waals surface area contributed by atoms with E-state index in [4.69, 9.17) is 16.3 Å². The Bertz CT molecular complexity index is 603. The molecule has 1 atom stereocenters. The Kier molecular flexibility index (Phi) is 6.85. The highest BCUT2D eigenvalue weighted by Crippen LogP contribution is 2.32. The average Bonchev–Trinajstić information content (AvgIpc) is 2.85. The van der Waals surface area contributed by atoms with Crippen molar-refractivity contribution in [3.63, 3.8) is 0 Å². The van der Waals surface area contributed by atoms with Gasteiger partial charge in [0.05, 0.1) is 6.10 Å². The van der Waals surface area contributed by atoms with Crippen molar-refractivity contribution < 1.29 is 14.3 Å². The van der Waals surface area contributed by atoms with Gasteiger partial charge >= 0.3 is 0 Å². The number of halogens is 1. The minimum absolute atomic E-state index is 0.00995. The molecule has 5 nitrogen and oxygen atoms in total. The van der Waals surface area contributed by atoms with Gasteiger partial charge in [0.1, 0.15) is 5.54 Å². The summed E-state index contributed by atoms with van der Waals surface area (Å²) < 4.78 is 5.47. The lowest BCUT2D eigenvalue weighted by Crippen LogP contribution is -2.54. The molecule has 1 saturated heterocycles. The zero-order chi connectivity index (χ0) is 18.4. The number of carbonyl (C=O) groups excluding carboxylic acids is 2. The van der Waals surface area contributed by atoms with Gasteiger partial charge in [-0.05, 0) is 51.3 Å². The lowest BCUT2D eigenvalue weighted by molar-refractivity contribution is -0.141. The maximum atomic E-state index is 12.7. The standard InChI is InChI=1S/C19H27ClN2O3/c1-14(2)25-12-4-11-21-18(24)19(3)10-9-17(23)22(19)13-15-5-7-16(20)8-6-15/h5-8,14H,4,9-13H2,1-3H3,(H,21,24). The Morgan fingerprint density at radius 2 is 2.04 bits per heavy atom. The molecule has 0 aliphatic carbocycles. The first-order valence-electron chi connectivity index (χ1n) is 8.78. The predicted octanol–water partition coefficient (Wildman–Crippen LogP) is 3.15. The van der Waals surface area contributed by atoms with Crippen molar-refractivity contribution in [2.45, 2.75) is 58.2 Å². The summed E-state index contributed by atoms with van der Waals surface area (Å²) in [6.07, 6.45) is 1.88. The van der Waals surface area contributed by atoms with Crippen molar-refractivity contribution in [2.75, 3.05) is 13.2 Å². The highest BCUT2D eigenvalue weighted by Gasteiger charge is 2.46. The summed E-state index contributed by atoms with van der Waals surface area (Å²) in [4.78, 5) is 26.7. The summed E-state index contributed by atoms with van der Waals surface area (Å²) >= 11 is 5.91. The van der Waals surface area contributed by atoms with Crippen LogP contribution in [-0.2, 0) is 20.9 Å². The monoisotopic (exact) mass is 366 g/mol. The molecule has 1 heterocycles. The number of nitrogens with one attached hydrogen (secondary N) is 1. The minimum Gasteiger partial charge on any atom is -0.379 e. The van der Waals surface area contributed by atoms with Crippen LogP contribution >= 0.6 is 11.6 Å². The summed E-state index contributed by atoms with van der Waals surface area (Å²) in [6.45, 7) is 7.38. The summed E-state index contributed by atoms with van der Waals surface area (Å²) in [5.41, 5.74) is 0.152. The molecule has 1 unspecified atom stereocenters. The van der Waals surface area contributed by atoms with Gasteiger partial charge in [0, 0.05) is 31.1 Å². The minimum atomic E-state index is -0.810. The van der Waals surface area contributed by atoms with E-state index < -0.39 is 5.54 Å². The third-order valence-electron chi connectivity index (χ3n) is 4.52. The van der Waals surface area contributed by atoms with Crippen molar-refractivity contribution in [3.05, 3.63) is 34.9 Å². The van der Waals surface area contributed by atoms with E-state index in [2.05, 4.69) is 5.32 Å². The second kappa shape index (κ2) is 8.68. The first-order chi connectivity index (χ1) is 11.8. The summed E-state index contributed by atoms with van der Waals surface area (Å²) in [7, 11) is 0. The van der Waals surface area contributed by atoms with Crippen LogP contribution in [0.1, 0.15) is 45.6 Å². The fourth-order valence-electron chi connectivity index (χ4n) is 2.95. The first-order valence-corrected chi connectivity index (χ1v) is 9.15. The maximum absolute atomic E-state index is 12.7. The lowest BCUT2D eigenvalue weighted by atomic mass is 9.97. The molecule has 1 aliphatic heterocycles. The summed E-state index contributed by atoms with van der Waals surface area (Å²) in [6, 6.07) is 7.36. The number of rotatable bonds is 8. The van der Waals surface area contributed by atoms with Crippen LogP contribution in [-0.4, -0.2) is 41.5 Å². The SMILES string of the molecule is CC(C)OCCCNC(=O)C1(C)CCC(=O)N1Cc1ccc(Cl)cc1. The number of benzene rings is 1. The zero-order valence-electron chi connectivity index (χ0n) is 15.2. The summed E-state index contributed by atoms with van der Waals surface area (Å²) in [5, 5.41) is 3.60. The smallest absolute Gasteiger partial charge is 0.245 e. The molecule has 0 spiro atoms. The Morgan fingerprint density at radius 1 is 1.36 bits per heavy atom. The average molecular weight is 367 g/mol. The Hall–Kier alpha value is -1.59.